The van der Waals surface area contributed by atoms with Gasteiger partial charge in [-0.1, -0.05) is 12.7 Å². The van der Waals surface area contributed by atoms with E-state index < -0.39 is 0 Å². The summed E-state index contributed by atoms with van der Waals surface area (Å²) in [5.41, 5.74) is 2.16. The molecule has 1 saturated heterocycles. The maximum Gasteiger partial charge on any atom is 0.0534 e. The maximum atomic E-state index is 4.17. The van der Waals surface area contributed by atoms with Crippen molar-refractivity contribution in [2.75, 3.05) is 18.4 Å². The number of piperidine rings is 1. The van der Waals surface area contributed by atoms with Crippen LogP contribution < -0.4 is 10.6 Å². The van der Waals surface area contributed by atoms with E-state index in [2.05, 4.69) is 28.3 Å². The molecule has 80 valence electrons. The molecular weight excluding hydrogens is 186 g/mol. The summed E-state index contributed by atoms with van der Waals surface area (Å²) in [6.07, 6.45) is 7.87. The predicted molar refractivity (Wildman–Crippen MR) is 63.8 cm³/mol. The zero-order valence-electron chi connectivity index (χ0n) is 8.87. The van der Waals surface area contributed by atoms with Crippen molar-refractivity contribution in [2.45, 2.75) is 18.9 Å². The van der Waals surface area contributed by atoms with Crippen LogP contribution in [0.15, 0.2) is 25.0 Å². The predicted octanol–water partition coefficient (Wildman–Crippen LogP) is 1.89. The third-order valence-corrected chi connectivity index (χ3v) is 2.71. The molecule has 0 spiro atoms. The van der Waals surface area contributed by atoms with Gasteiger partial charge in [-0.3, -0.25) is 4.98 Å². The Bertz CT molecular complexity index is 329. The molecular formula is C12H17N3. The van der Waals surface area contributed by atoms with Crippen LogP contribution in [0.1, 0.15) is 18.4 Å². The summed E-state index contributed by atoms with van der Waals surface area (Å²) in [6.45, 7) is 5.95. The normalized spacial score (nSPS) is 17.3. The summed E-state index contributed by atoms with van der Waals surface area (Å²) in [4.78, 5) is 4.17. The first-order valence-electron chi connectivity index (χ1n) is 5.43. The van der Waals surface area contributed by atoms with Gasteiger partial charge in [-0.05, 0) is 37.6 Å². The zero-order chi connectivity index (χ0) is 10.5. The third-order valence-electron chi connectivity index (χ3n) is 2.71. The van der Waals surface area contributed by atoms with Gasteiger partial charge in [-0.25, -0.2) is 0 Å². The van der Waals surface area contributed by atoms with Crippen LogP contribution in [-0.2, 0) is 0 Å². The Morgan fingerprint density at radius 2 is 2.20 bits per heavy atom. The summed E-state index contributed by atoms with van der Waals surface area (Å²) in [5, 5.41) is 6.86. The lowest BCUT2D eigenvalue weighted by molar-refractivity contribution is 0.479. The SMILES string of the molecule is C=Cc1cncc(NC2CCNCC2)c1. The molecule has 2 N–H and O–H groups in total. The Kier molecular flexibility index (Phi) is 3.35. The quantitative estimate of drug-likeness (QED) is 0.787. The molecule has 1 aliphatic rings. The molecule has 1 aromatic rings. The third kappa shape index (κ3) is 2.80. The fourth-order valence-electron chi connectivity index (χ4n) is 1.85. The van der Waals surface area contributed by atoms with Crippen molar-refractivity contribution in [1.82, 2.24) is 10.3 Å². The molecule has 1 aliphatic heterocycles. The number of nitrogens with one attached hydrogen (secondary N) is 2. The number of anilines is 1. The van der Waals surface area contributed by atoms with Crippen LogP contribution in [-0.4, -0.2) is 24.1 Å². The molecule has 0 unspecified atom stereocenters. The summed E-state index contributed by atoms with van der Waals surface area (Å²) in [6, 6.07) is 2.66. The van der Waals surface area contributed by atoms with Gasteiger partial charge in [0, 0.05) is 18.4 Å². The van der Waals surface area contributed by atoms with Crippen molar-refractivity contribution in [1.29, 1.82) is 0 Å². The standard InChI is InChI=1S/C12H17N3/c1-2-10-7-12(9-14-8-10)15-11-3-5-13-6-4-11/h2,7-9,11,13,15H,1,3-6H2. The lowest BCUT2D eigenvalue weighted by Gasteiger charge is -2.24. The fourth-order valence-corrected chi connectivity index (χ4v) is 1.85. The molecule has 0 aliphatic carbocycles. The first-order valence-corrected chi connectivity index (χ1v) is 5.43. The Morgan fingerprint density at radius 1 is 1.40 bits per heavy atom. The molecule has 2 rings (SSSR count). The molecule has 1 aromatic heterocycles. The van der Waals surface area contributed by atoms with E-state index in [9.17, 15) is 0 Å². The largest absolute Gasteiger partial charge is 0.381 e. The topological polar surface area (TPSA) is 37.0 Å². The van der Waals surface area contributed by atoms with Gasteiger partial charge < -0.3 is 10.6 Å². The molecule has 0 aromatic carbocycles. The molecule has 0 bridgehead atoms. The van der Waals surface area contributed by atoms with Crippen LogP contribution in [0.25, 0.3) is 6.08 Å². The van der Waals surface area contributed by atoms with Crippen molar-refractivity contribution in [3.8, 4) is 0 Å². The van der Waals surface area contributed by atoms with Gasteiger partial charge in [0.1, 0.15) is 0 Å². The summed E-state index contributed by atoms with van der Waals surface area (Å²) in [5.74, 6) is 0. The van der Waals surface area contributed by atoms with E-state index in [4.69, 9.17) is 0 Å². The second-order valence-corrected chi connectivity index (χ2v) is 3.88. The van der Waals surface area contributed by atoms with Crippen LogP contribution in [0.3, 0.4) is 0 Å². The fraction of sp³-hybridized carbons (Fsp3) is 0.417. The Labute approximate surface area is 90.6 Å². The summed E-state index contributed by atoms with van der Waals surface area (Å²) in [7, 11) is 0. The highest BCUT2D eigenvalue weighted by molar-refractivity contribution is 5.54. The highest BCUT2D eigenvalue weighted by Gasteiger charge is 2.12. The number of rotatable bonds is 3. The van der Waals surface area contributed by atoms with Crippen molar-refractivity contribution in [3.63, 3.8) is 0 Å². The van der Waals surface area contributed by atoms with Gasteiger partial charge >= 0.3 is 0 Å². The van der Waals surface area contributed by atoms with E-state index in [0.29, 0.717) is 6.04 Å². The Morgan fingerprint density at radius 3 is 2.93 bits per heavy atom. The molecule has 0 saturated carbocycles. The Hall–Kier alpha value is -1.35. The molecule has 15 heavy (non-hydrogen) atoms. The van der Waals surface area contributed by atoms with Crippen molar-refractivity contribution >= 4 is 11.8 Å². The van der Waals surface area contributed by atoms with Crippen molar-refractivity contribution in [3.05, 3.63) is 30.6 Å². The maximum absolute atomic E-state index is 4.17. The first kappa shape index (κ1) is 10.2. The number of hydrogen-bond donors (Lipinski definition) is 2. The molecule has 0 radical (unpaired) electrons. The minimum absolute atomic E-state index is 0.577. The van der Waals surface area contributed by atoms with Crippen molar-refractivity contribution < 1.29 is 0 Å². The van der Waals surface area contributed by atoms with Gasteiger partial charge in [-0.2, -0.15) is 0 Å². The van der Waals surface area contributed by atoms with Crippen LogP contribution in [0.4, 0.5) is 5.69 Å². The van der Waals surface area contributed by atoms with Crippen molar-refractivity contribution in [2.24, 2.45) is 0 Å². The zero-order valence-corrected chi connectivity index (χ0v) is 8.87. The monoisotopic (exact) mass is 203 g/mol. The average Bonchev–Trinajstić information content (AvgIpc) is 2.31. The van der Waals surface area contributed by atoms with Gasteiger partial charge in [0.15, 0.2) is 0 Å². The smallest absolute Gasteiger partial charge is 0.0534 e. The molecule has 2 heterocycles. The van der Waals surface area contributed by atoms with Crippen LogP contribution in [0.2, 0.25) is 0 Å². The van der Waals surface area contributed by atoms with Crippen LogP contribution in [0, 0.1) is 0 Å². The molecule has 0 amide bonds. The molecule has 3 nitrogen and oxygen atoms in total. The summed E-state index contributed by atoms with van der Waals surface area (Å²) < 4.78 is 0. The highest BCUT2D eigenvalue weighted by Crippen LogP contribution is 2.14. The van der Waals surface area contributed by atoms with Gasteiger partial charge in [0.05, 0.1) is 5.69 Å². The highest BCUT2D eigenvalue weighted by atomic mass is 15.0. The van der Waals surface area contributed by atoms with E-state index in [1.54, 1.807) is 0 Å². The molecule has 3 heteroatoms. The van der Waals surface area contributed by atoms with Gasteiger partial charge in [0.25, 0.3) is 0 Å². The molecule has 1 fully saturated rings. The number of pyridine rings is 1. The number of hydrogen-bond acceptors (Lipinski definition) is 3. The van der Waals surface area contributed by atoms with E-state index in [1.807, 2.05) is 18.5 Å². The minimum Gasteiger partial charge on any atom is -0.381 e. The van der Waals surface area contributed by atoms with Gasteiger partial charge in [-0.15, -0.1) is 0 Å². The van der Waals surface area contributed by atoms with Crippen LogP contribution in [0.5, 0.6) is 0 Å². The Balaban J connectivity index is 1.99. The van der Waals surface area contributed by atoms with E-state index in [1.165, 1.54) is 12.8 Å². The van der Waals surface area contributed by atoms with E-state index in [0.717, 1.165) is 24.3 Å². The lowest BCUT2D eigenvalue weighted by atomic mass is 10.1. The average molecular weight is 203 g/mol. The van der Waals surface area contributed by atoms with Crippen LogP contribution >= 0.6 is 0 Å². The second-order valence-electron chi connectivity index (χ2n) is 3.88. The van der Waals surface area contributed by atoms with E-state index >= 15 is 0 Å². The second kappa shape index (κ2) is 4.94. The number of nitrogens with zero attached hydrogens (tertiary/aromatic N) is 1. The minimum atomic E-state index is 0.577. The van der Waals surface area contributed by atoms with Gasteiger partial charge in [0.2, 0.25) is 0 Å². The van der Waals surface area contributed by atoms with E-state index in [-0.39, 0.29) is 0 Å². The number of aromatic nitrogens is 1. The molecule has 0 atom stereocenters. The lowest BCUT2D eigenvalue weighted by Crippen LogP contribution is -2.35. The first-order chi connectivity index (χ1) is 7.38. The summed E-state index contributed by atoms with van der Waals surface area (Å²) >= 11 is 0.